The first kappa shape index (κ1) is 23.2. The second kappa shape index (κ2) is 14.5. The van der Waals surface area contributed by atoms with Crippen LogP contribution >= 0.6 is 0 Å². The second-order valence-corrected chi connectivity index (χ2v) is 6.49. The predicted octanol–water partition coefficient (Wildman–Crippen LogP) is 5.08. The van der Waals surface area contributed by atoms with Gasteiger partial charge in [-0.1, -0.05) is 64.0 Å². The van der Waals surface area contributed by atoms with Crippen LogP contribution in [0.4, 0.5) is 0 Å². The van der Waals surface area contributed by atoms with E-state index in [9.17, 15) is 25.0 Å². The topological polar surface area (TPSA) is 103 Å². The average Bonchev–Trinajstić information content (AvgIpc) is 2.58. The van der Waals surface area contributed by atoms with Gasteiger partial charge in [-0.05, 0) is 32.1 Å². The van der Waals surface area contributed by atoms with Crippen LogP contribution < -0.4 is 0 Å². The number of nitro groups is 2. The minimum absolute atomic E-state index is 0.151. The summed E-state index contributed by atoms with van der Waals surface area (Å²) in [6.45, 7) is 2.21. The molecular weight excluding hydrogens is 324 g/mol. The van der Waals surface area contributed by atoms with Crippen molar-refractivity contribution >= 4 is 6.29 Å². The number of nitrogens with zero attached hydrogens (tertiary/aromatic N) is 2. The predicted molar refractivity (Wildman–Crippen MR) is 97.6 cm³/mol. The molecule has 0 saturated carbocycles. The van der Waals surface area contributed by atoms with E-state index in [0.717, 1.165) is 38.5 Å². The molecule has 0 heterocycles. The zero-order valence-corrected chi connectivity index (χ0v) is 15.4. The molecule has 0 bridgehead atoms. The second-order valence-electron chi connectivity index (χ2n) is 6.49. The zero-order valence-electron chi connectivity index (χ0n) is 15.4. The molecule has 0 atom stereocenters. The molecule has 0 fully saturated rings. The normalized spacial score (nSPS) is 11.7. The molecule has 0 amide bonds. The molecule has 0 unspecified atom stereocenters. The van der Waals surface area contributed by atoms with Crippen molar-refractivity contribution in [1.29, 1.82) is 0 Å². The highest BCUT2D eigenvalue weighted by Crippen LogP contribution is 2.19. The molecule has 7 heteroatoms. The maximum absolute atomic E-state index is 10.8. The number of hydrogen-bond acceptors (Lipinski definition) is 5. The molecular formula is C18H32N2O5. The number of aldehydes is 1. The van der Waals surface area contributed by atoms with Crippen LogP contribution in [0.1, 0.15) is 90.4 Å². The van der Waals surface area contributed by atoms with Gasteiger partial charge in [0.2, 0.25) is 0 Å². The number of carbonyl (C=O) groups excluding carboxylic acids is 1. The Balaban J connectivity index is 3.64. The molecule has 7 nitrogen and oxygen atoms in total. The fraction of sp³-hybridized carbons (Fsp3) is 0.833. The molecule has 144 valence electrons. The minimum Gasteiger partial charge on any atom is -0.287 e. The summed E-state index contributed by atoms with van der Waals surface area (Å²) in [5.41, 5.74) is -2.66. The van der Waals surface area contributed by atoms with E-state index in [2.05, 4.69) is 19.1 Å². The maximum Gasteiger partial charge on any atom is 0.512 e. The summed E-state index contributed by atoms with van der Waals surface area (Å²) in [5.74, 6) is 0. The Morgan fingerprint density at radius 1 is 0.760 bits per heavy atom. The summed E-state index contributed by atoms with van der Waals surface area (Å²) in [6, 6.07) is 0. The number of hydrogen-bond donors (Lipinski definition) is 0. The summed E-state index contributed by atoms with van der Waals surface area (Å²) in [6.07, 6.45) is 16.5. The molecule has 0 radical (unpaired) electrons. The Labute approximate surface area is 150 Å². The largest absolute Gasteiger partial charge is 0.512 e. The monoisotopic (exact) mass is 356 g/mol. The van der Waals surface area contributed by atoms with Crippen molar-refractivity contribution in [3.8, 4) is 0 Å². The van der Waals surface area contributed by atoms with E-state index in [1.54, 1.807) is 0 Å². The van der Waals surface area contributed by atoms with Gasteiger partial charge in [-0.15, -0.1) is 0 Å². The van der Waals surface area contributed by atoms with E-state index < -0.39 is 15.5 Å². The first-order chi connectivity index (χ1) is 12.0. The van der Waals surface area contributed by atoms with Crippen LogP contribution in [0.3, 0.4) is 0 Å². The Morgan fingerprint density at radius 3 is 1.64 bits per heavy atom. The smallest absolute Gasteiger partial charge is 0.287 e. The van der Waals surface area contributed by atoms with Gasteiger partial charge in [-0.25, -0.2) is 0 Å². The van der Waals surface area contributed by atoms with Gasteiger partial charge >= 0.3 is 5.66 Å². The highest BCUT2D eigenvalue weighted by molar-refractivity contribution is 5.59. The van der Waals surface area contributed by atoms with Crippen molar-refractivity contribution in [3.63, 3.8) is 0 Å². The Bertz CT molecular complexity index is 410. The third kappa shape index (κ3) is 9.94. The first-order valence-corrected chi connectivity index (χ1v) is 9.41. The molecule has 0 aliphatic heterocycles. The Morgan fingerprint density at radius 2 is 1.20 bits per heavy atom. The van der Waals surface area contributed by atoms with Gasteiger partial charge in [0.15, 0.2) is 0 Å². The van der Waals surface area contributed by atoms with Crippen LogP contribution in [0.15, 0.2) is 12.2 Å². The molecule has 0 N–H and O–H groups in total. The van der Waals surface area contributed by atoms with E-state index in [0.29, 0.717) is 12.8 Å². The van der Waals surface area contributed by atoms with Crippen molar-refractivity contribution in [2.24, 2.45) is 0 Å². The summed E-state index contributed by atoms with van der Waals surface area (Å²) in [5, 5.41) is 21.6. The van der Waals surface area contributed by atoms with E-state index in [-0.39, 0.29) is 12.7 Å². The number of allylic oxidation sites excluding steroid dienone is 2. The average molecular weight is 356 g/mol. The summed E-state index contributed by atoms with van der Waals surface area (Å²) >= 11 is 0. The fourth-order valence-corrected chi connectivity index (χ4v) is 2.67. The highest BCUT2D eigenvalue weighted by atomic mass is 16.7. The van der Waals surface area contributed by atoms with E-state index in [1.165, 1.54) is 25.7 Å². The summed E-state index contributed by atoms with van der Waals surface area (Å²) < 4.78 is 0. The van der Waals surface area contributed by atoms with Crippen LogP contribution in [0.2, 0.25) is 0 Å². The van der Waals surface area contributed by atoms with E-state index >= 15 is 0 Å². The van der Waals surface area contributed by atoms with Crippen molar-refractivity contribution in [2.45, 2.75) is 96.1 Å². The van der Waals surface area contributed by atoms with Gasteiger partial charge in [-0.3, -0.25) is 25.0 Å². The quantitative estimate of drug-likeness (QED) is 0.0902. The van der Waals surface area contributed by atoms with E-state index in [4.69, 9.17) is 0 Å². The van der Waals surface area contributed by atoms with Crippen molar-refractivity contribution in [3.05, 3.63) is 32.4 Å². The maximum atomic E-state index is 10.8. The third-order valence-corrected chi connectivity index (χ3v) is 4.38. The molecule has 0 aromatic heterocycles. The van der Waals surface area contributed by atoms with Crippen LogP contribution in [-0.2, 0) is 4.79 Å². The molecule has 0 aliphatic rings. The van der Waals surface area contributed by atoms with Gasteiger partial charge in [0.05, 0.1) is 6.42 Å². The standard InChI is InChI=1S/C18H32N2O5/c1-2-3-4-5-6-7-8-9-10-11-12-13-14-15-16-18(17-21,19(22)23)20(24)25/h7-8,17H,2-6,9-16H2,1H3/b8-7-. The first-order valence-electron chi connectivity index (χ1n) is 9.41. The number of carbonyl (C=O) groups is 1. The Kier molecular flexibility index (Phi) is 13.5. The summed E-state index contributed by atoms with van der Waals surface area (Å²) in [7, 11) is 0. The fourth-order valence-electron chi connectivity index (χ4n) is 2.67. The lowest BCUT2D eigenvalue weighted by Crippen LogP contribution is -2.47. The zero-order chi connectivity index (χ0) is 19.0. The van der Waals surface area contributed by atoms with Gasteiger partial charge in [0.1, 0.15) is 9.85 Å². The van der Waals surface area contributed by atoms with Crippen LogP contribution in [0, 0.1) is 20.2 Å². The SMILES string of the molecule is CCCCCC/C=C\CCCCCCCCC(C=O)([N+](=O)[O-])[N+](=O)[O-]. The molecule has 0 aromatic rings. The molecule has 0 rings (SSSR count). The molecule has 0 saturated heterocycles. The Hall–Kier alpha value is -1.79. The number of rotatable bonds is 17. The molecule has 25 heavy (non-hydrogen) atoms. The van der Waals surface area contributed by atoms with Gasteiger partial charge in [-0.2, -0.15) is 0 Å². The minimum atomic E-state index is -2.66. The van der Waals surface area contributed by atoms with Gasteiger partial charge in [0.25, 0.3) is 6.29 Å². The van der Waals surface area contributed by atoms with Gasteiger partial charge < -0.3 is 0 Å². The van der Waals surface area contributed by atoms with Crippen LogP contribution in [-0.4, -0.2) is 21.8 Å². The molecule has 0 aliphatic carbocycles. The van der Waals surface area contributed by atoms with Crippen molar-refractivity contribution < 1.29 is 14.6 Å². The van der Waals surface area contributed by atoms with Gasteiger partial charge in [0, 0.05) is 0 Å². The van der Waals surface area contributed by atoms with Crippen molar-refractivity contribution in [1.82, 2.24) is 0 Å². The summed E-state index contributed by atoms with van der Waals surface area (Å²) in [4.78, 5) is 30.2. The molecule has 0 spiro atoms. The molecule has 0 aromatic carbocycles. The van der Waals surface area contributed by atoms with Crippen molar-refractivity contribution in [2.75, 3.05) is 0 Å². The lowest BCUT2D eigenvalue weighted by atomic mass is 10.0. The lowest BCUT2D eigenvalue weighted by molar-refractivity contribution is -0.774. The number of unbranched alkanes of at least 4 members (excludes halogenated alkanes) is 10. The lowest BCUT2D eigenvalue weighted by Gasteiger charge is -2.10. The third-order valence-electron chi connectivity index (χ3n) is 4.38. The highest BCUT2D eigenvalue weighted by Gasteiger charge is 2.55. The van der Waals surface area contributed by atoms with Crippen LogP contribution in [0.5, 0.6) is 0 Å². The van der Waals surface area contributed by atoms with Crippen LogP contribution in [0.25, 0.3) is 0 Å². The van der Waals surface area contributed by atoms with E-state index in [1.807, 2.05) is 0 Å².